The molecule has 1 aliphatic carbocycles. The van der Waals surface area contributed by atoms with Gasteiger partial charge in [0.25, 0.3) is 0 Å². The van der Waals surface area contributed by atoms with E-state index in [1.165, 1.54) is 22.2 Å². The molecule has 0 amide bonds. The number of halogens is 1. The van der Waals surface area contributed by atoms with E-state index in [0.29, 0.717) is 0 Å². The fraction of sp³-hybridized carbons (Fsp3) is 0.400. The second-order valence-electron chi connectivity index (χ2n) is 3.69. The topological polar surface area (TPSA) is 12.0 Å². The summed E-state index contributed by atoms with van der Waals surface area (Å²) in [5.74, 6) is 1.83. The van der Waals surface area contributed by atoms with Gasteiger partial charge < -0.3 is 5.32 Å². The standard InChI is InChI=1S/C10H10IN/c11-9-3-1-2-7-8-4-6(8)5-12-10(7)9/h1-3,6,8,12H,4-5H2. The molecule has 0 spiro atoms. The van der Waals surface area contributed by atoms with Gasteiger partial charge in [-0.2, -0.15) is 0 Å². The third-order valence-corrected chi connectivity index (χ3v) is 3.81. The molecule has 2 atom stereocenters. The zero-order chi connectivity index (χ0) is 8.13. The van der Waals surface area contributed by atoms with Gasteiger partial charge in [-0.3, -0.25) is 0 Å². The van der Waals surface area contributed by atoms with Crippen LogP contribution >= 0.6 is 22.6 Å². The van der Waals surface area contributed by atoms with Crippen molar-refractivity contribution in [1.82, 2.24) is 0 Å². The number of rotatable bonds is 0. The van der Waals surface area contributed by atoms with E-state index in [0.717, 1.165) is 11.8 Å². The van der Waals surface area contributed by atoms with Crippen molar-refractivity contribution in [2.24, 2.45) is 5.92 Å². The van der Waals surface area contributed by atoms with Crippen LogP contribution in [0.1, 0.15) is 17.9 Å². The number of anilines is 1. The van der Waals surface area contributed by atoms with Gasteiger partial charge in [-0.1, -0.05) is 12.1 Å². The zero-order valence-corrected chi connectivity index (χ0v) is 8.84. The van der Waals surface area contributed by atoms with Crippen molar-refractivity contribution in [1.29, 1.82) is 0 Å². The first-order valence-corrected chi connectivity index (χ1v) is 5.46. The van der Waals surface area contributed by atoms with Gasteiger partial charge in [-0.25, -0.2) is 0 Å². The van der Waals surface area contributed by atoms with Gasteiger partial charge in [0.15, 0.2) is 0 Å². The van der Waals surface area contributed by atoms with E-state index in [9.17, 15) is 0 Å². The Morgan fingerprint density at radius 1 is 1.42 bits per heavy atom. The van der Waals surface area contributed by atoms with Crippen LogP contribution in [0.15, 0.2) is 18.2 Å². The molecule has 1 aromatic rings. The summed E-state index contributed by atoms with van der Waals surface area (Å²) in [5, 5.41) is 3.51. The van der Waals surface area contributed by atoms with Crippen LogP contribution in [0, 0.1) is 9.49 Å². The van der Waals surface area contributed by atoms with E-state index in [4.69, 9.17) is 0 Å². The number of nitrogens with one attached hydrogen (secondary N) is 1. The minimum atomic E-state index is 0.885. The van der Waals surface area contributed by atoms with Crippen molar-refractivity contribution in [3.8, 4) is 0 Å². The number of hydrogen-bond acceptors (Lipinski definition) is 1. The molecule has 2 unspecified atom stereocenters. The second-order valence-corrected chi connectivity index (χ2v) is 4.85. The molecule has 1 N–H and O–H groups in total. The Bertz CT molecular complexity index is 335. The molecule has 3 rings (SSSR count). The van der Waals surface area contributed by atoms with Gasteiger partial charge >= 0.3 is 0 Å². The molecule has 1 aromatic carbocycles. The average molecular weight is 271 g/mol. The molecular weight excluding hydrogens is 261 g/mol. The smallest absolute Gasteiger partial charge is 0.0511 e. The molecule has 1 aliphatic heterocycles. The molecule has 1 saturated carbocycles. The summed E-state index contributed by atoms with van der Waals surface area (Å²) in [6.07, 6.45) is 1.40. The van der Waals surface area contributed by atoms with Crippen LogP contribution in [0.25, 0.3) is 0 Å². The largest absolute Gasteiger partial charge is 0.384 e. The maximum atomic E-state index is 3.51. The van der Waals surface area contributed by atoms with Gasteiger partial charge in [0.05, 0.1) is 5.69 Å². The highest BCUT2D eigenvalue weighted by Gasteiger charge is 2.42. The number of benzene rings is 1. The Morgan fingerprint density at radius 3 is 3.25 bits per heavy atom. The summed E-state index contributed by atoms with van der Waals surface area (Å²) in [5.41, 5.74) is 2.95. The van der Waals surface area contributed by atoms with Crippen LogP contribution in [-0.2, 0) is 0 Å². The average Bonchev–Trinajstić information content (AvgIpc) is 2.83. The van der Waals surface area contributed by atoms with Crippen molar-refractivity contribution in [2.45, 2.75) is 12.3 Å². The number of fused-ring (bicyclic) bond motifs is 3. The summed E-state index contributed by atoms with van der Waals surface area (Å²) in [4.78, 5) is 0. The molecule has 12 heavy (non-hydrogen) atoms. The van der Waals surface area contributed by atoms with Crippen LogP contribution in [0.5, 0.6) is 0 Å². The first kappa shape index (κ1) is 7.18. The Hall–Kier alpha value is -0.250. The SMILES string of the molecule is Ic1cccc2c1NCC1CC21. The summed E-state index contributed by atoms with van der Waals surface area (Å²) in [6.45, 7) is 1.19. The lowest BCUT2D eigenvalue weighted by atomic mass is 10.0. The van der Waals surface area contributed by atoms with Gasteiger partial charge in [0.2, 0.25) is 0 Å². The molecule has 1 fully saturated rings. The van der Waals surface area contributed by atoms with E-state index >= 15 is 0 Å². The van der Waals surface area contributed by atoms with E-state index in [-0.39, 0.29) is 0 Å². The Kier molecular flexibility index (Phi) is 1.42. The quantitative estimate of drug-likeness (QED) is 0.715. The highest BCUT2D eigenvalue weighted by Crippen LogP contribution is 2.53. The molecular formula is C10H10IN. The summed E-state index contributed by atoms with van der Waals surface area (Å²) in [7, 11) is 0. The van der Waals surface area contributed by atoms with Crippen LogP contribution in [0.4, 0.5) is 5.69 Å². The van der Waals surface area contributed by atoms with E-state index in [2.05, 4.69) is 46.1 Å². The molecule has 0 saturated heterocycles. The zero-order valence-electron chi connectivity index (χ0n) is 6.68. The maximum Gasteiger partial charge on any atom is 0.0511 e. The van der Waals surface area contributed by atoms with Gasteiger partial charge in [-0.05, 0) is 52.5 Å². The van der Waals surface area contributed by atoms with Crippen molar-refractivity contribution in [2.75, 3.05) is 11.9 Å². The van der Waals surface area contributed by atoms with Crippen molar-refractivity contribution >= 4 is 28.3 Å². The fourth-order valence-electron chi connectivity index (χ4n) is 2.12. The Labute approximate surface area is 85.7 Å². The highest BCUT2D eigenvalue weighted by molar-refractivity contribution is 14.1. The monoisotopic (exact) mass is 271 g/mol. The first-order valence-electron chi connectivity index (χ1n) is 4.38. The molecule has 2 heteroatoms. The van der Waals surface area contributed by atoms with Crippen molar-refractivity contribution in [3.05, 3.63) is 27.3 Å². The van der Waals surface area contributed by atoms with Crippen molar-refractivity contribution < 1.29 is 0 Å². The molecule has 62 valence electrons. The molecule has 0 radical (unpaired) electrons. The van der Waals surface area contributed by atoms with Crippen molar-refractivity contribution in [3.63, 3.8) is 0 Å². The highest BCUT2D eigenvalue weighted by atomic mass is 127. The third kappa shape index (κ3) is 0.903. The molecule has 1 nitrogen and oxygen atoms in total. The molecule has 2 aliphatic rings. The van der Waals surface area contributed by atoms with E-state index < -0.39 is 0 Å². The first-order chi connectivity index (χ1) is 5.86. The predicted molar refractivity (Wildman–Crippen MR) is 58.5 cm³/mol. The molecule has 1 heterocycles. The number of para-hydroxylation sites is 1. The van der Waals surface area contributed by atoms with Crippen LogP contribution in [0.3, 0.4) is 0 Å². The summed E-state index contributed by atoms with van der Waals surface area (Å²) >= 11 is 2.41. The van der Waals surface area contributed by atoms with E-state index in [1.54, 1.807) is 5.56 Å². The van der Waals surface area contributed by atoms with Gasteiger partial charge in [0, 0.05) is 10.1 Å². The Balaban J connectivity index is 2.18. The summed E-state index contributed by atoms with van der Waals surface area (Å²) in [6, 6.07) is 6.62. The van der Waals surface area contributed by atoms with E-state index in [1.807, 2.05) is 0 Å². The Morgan fingerprint density at radius 2 is 2.33 bits per heavy atom. The number of hydrogen-bond donors (Lipinski definition) is 1. The van der Waals surface area contributed by atoms with Crippen LogP contribution in [-0.4, -0.2) is 6.54 Å². The molecule has 0 bridgehead atoms. The predicted octanol–water partition coefficient (Wildman–Crippen LogP) is 2.82. The fourth-order valence-corrected chi connectivity index (χ4v) is 2.83. The minimum absolute atomic E-state index is 0.885. The maximum absolute atomic E-state index is 3.51. The second kappa shape index (κ2) is 2.37. The lowest BCUT2D eigenvalue weighted by Crippen LogP contribution is -2.12. The third-order valence-electron chi connectivity index (χ3n) is 2.91. The van der Waals surface area contributed by atoms with Gasteiger partial charge in [-0.15, -0.1) is 0 Å². The summed E-state index contributed by atoms with van der Waals surface area (Å²) < 4.78 is 1.37. The lowest BCUT2D eigenvalue weighted by molar-refractivity contribution is 0.815. The van der Waals surface area contributed by atoms with Crippen LogP contribution < -0.4 is 5.32 Å². The minimum Gasteiger partial charge on any atom is -0.384 e. The van der Waals surface area contributed by atoms with Gasteiger partial charge in [0.1, 0.15) is 0 Å². The van der Waals surface area contributed by atoms with Crippen LogP contribution in [0.2, 0.25) is 0 Å². The normalized spacial score (nSPS) is 30.1. The molecule has 0 aromatic heterocycles. The lowest BCUT2D eigenvalue weighted by Gasteiger charge is -2.18.